The van der Waals surface area contributed by atoms with E-state index in [1.165, 1.54) is 16.7 Å². The SMILES string of the molecule is CCC(C(=O)NC(C)(C)C)N(CCc1ccccc1)C(=O)CSCc1ccc(C)cc1. The molecule has 0 spiro atoms. The number of amides is 2. The fraction of sp³-hybridized carbons (Fsp3) is 0.462. The molecule has 0 saturated heterocycles. The summed E-state index contributed by atoms with van der Waals surface area (Å²) < 4.78 is 0. The van der Waals surface area contributed by atoms with Crippen molar-refractivity contribution < 1.29 is 9.59 Å². The van der Waals surface area contributed by atoms with Gasteiger partial charge in [-0.2, -0.15) is 0 Å². The van der Waals surface area contributed by atoms with Crippen molar-refractivity contribution in [1.82, 2.24) is 10.2 Å². The van der Waals surface area contributed by atoms with Crippen LogP contribution in [-0.4, -0.2) is 40.6 Å². The zero-order valence-corrected chi connectivity index (χ0v) is 20.3. The van der Waals surface area contributed by atoms with Gasteiger partial charge in [0, 0.05) is 17.8 Å². The number of carbonyl (C=O) groups excluding carboxylic acids is 2. The molecule has 1 N–H and O–H groups in total. The molecule has 2 amide bonds. The largest absolute Gasteiger partial charge is 0.350 e. The lowest BCUT2D eigenvalue weighted by Gasteiger charge is -2.33. The van der Waals surface area contributed by atoms with Crippen molar-refractivity contribution in [2.45, 2.75) is 64.8 Å². The minimum atomic E-state index is -0.463. The second kappa shape index (κ2) is 11.9. The van der Waals surface area contributed by atoms with Gasteiger partial charge in [-0.05, 0) is 51.7 Å². The zero-order valence-electron chi connectivity index (χ0n) is 19.5. The number of nitrogens with zero attached hydrogens (tertiary/aromatic N) is 1. The zero-order chi connectivity index (χ0) is 22.9. The standard InChI is InChI=1S/C26H36N2O2S/c1-6-23(25(30)27-26(3,4)5)28(17-16-21-10-8-7-9-11-21)24(29)19-31-18-22-14-12-20(2)13-15-22/h7-15,23H,6,16-19H2,1-5H3,(H,27,30). The van der Waals surface area contributed by atoms with Crippen LogP contribution >= 0.6 is 11.8 Å². The third-order valence-electron chi connectivity index (χ3n) is 4.98. The van der Waals surface area contributed by atoms with Crippen LogP contribution in [0.3, 0.4) is 0 Å². The summed E-state index contributed by atoms with van der Waals surface area (Å²) in [5.41, 5.74) is 3.27. The molecule has 0 saturated carbocycles. The first-order valence-electron chi connectivity index (χ1n) is 11.0. The highest BCUT2D eigenvalue weighted by Gasteiger charge is 2.30. The molecule has 168 valence electrons. The number of rotatable bonds is 10. The second-order valence-corrected chi connectivity index (χ2v) is 9.95. The lowest BCUT2D eigenvalue weighted by molar-refractivity contribution is -0.139. The number of benzene rings is 2. The Morgan fingerprint density at radius 1 is 1.00 bits per heavy atom. The number of aryl methyl sites for hydroxylation is 1. The van der Waals surface area contributed by atoms with E-state index in [4.69, 9.17) is 0 Å². The summed E-state index contributed by atoms with van der Waals surface area (Å²) in [5.74, 6) is 1.08. The lowest BCUT2D eigenvalue weighted by Crippen LogP contribution is -2.54. The first kappa shape index (κ1) is 25.0. The molecule has 5 heteroatoms. The van der Waals surface area contributed by atoms with Crippen molar-refractivity contribution in [1.29, 1.82) is 0 Å². The molecule has 0 fully saturated rings. The number of hydrogen-bond donors (Lipinski definition) is 1. The van der Waals surface area contributed by atoms with Gasteiger partial charge < -0.3 is 10.2 Å². The van der Waals surface area contributed by atoms with E-state index in [0.717, 1.165) is 12.2 Å². The summed E-state index contributed by atoms with van der Waals surface area (Å²) >= 11 is 1.60. The van der Waals surface area contributed by atoms with Crippen molar-refractivity contribution >= 4 is 23.6 Å². The smallest absolute Gasteiger partial charge is 0.243 e. The van der Waals surface area contributed by atoms with Crippen LogP contribution in [0.2, 0.25) is 0 Å². The minimum absolute atomic E-state index is 0.0175. The maximum absolute atomic E-state index is 13.2. The first-order chi connectivity index (χ1) is 14.7. The molecule has 0 aliphatic heterocycles. The lowest BCUT2D eigenvalue weighted by atomic mass is 10.1. The Bertz CT molecular complexity index is 829. The Hall–Kier alpha value is -2.27. The van der Waals surface area contributed by atoms with Crippen molar-refractivity contribution in [2.24, 2.45) is 0 Å². The van der Waals surface area contributed by atoms with Crippen molar-refractivity contribution in [3.05, 3.63) is 71.3 Å². The predicted octanol–water partition coefficient (Wildman–Crippen LogP) is 4.99. The molecule has 2 rings (SSSR count). The van der Waals surface area contributed by atoms with Gasteiger partial charge in [0.2, 0.25) is 11.8 Å². The van der Waals surface area contributed by atoms with Crippen LogP contribution < -0.4 is 5.32 Å². The summed E-state index contributed by atoms with van der Waals surface area (Å²) in [6.45, 7) is 10.5. The molecular formula is C26H36N2O2S. The fourth-order valence-electron chi connectivity index (χ4n) is 3.37. The van der Waals surface area contributed by atoms with Gasteiger partial charge in [-0.25, -0.2) is 0 Å². The maximum atomic E-state index is 13.2. The maximum Gasteiger partial charge on any atom is 0.243 e. The van der Waals surface area contributed by atoms with Gasteiger partial charge in [0.25, 0.3) is 0 Å². The number of nitrogens with one attached hydrogen (secondary N) is 1. The van der Waals surface area contributed by atoms with E-state index in [1.54, 1.807) is 16.7 Å². The molecule has 2 aromatic carbocycles. The molecule has 0 aliphatic carbocycles. The van der Waals surface area contributed by atoms with Crippen molar-refractivity contribution in [3.8, 4) is 0 Å². The molecule has 4 nitrogen and oxygen atoms in total. The van der Waals surface area contributed by atoms with Gasteiger partial charge in [-0.3, -0.25) is 9.59 Å². The van der Waals surface area contributed by atoms with Crippen molar-refractivity contribution in [3.63, 3.8) is 0 Å². The third kappa shape index (κ3) is 8.78. The van der Waals surface area contributed by atoms with E-state index in [1.807, 2.05) is 45.9 Å². The molecular weight excluding hydrogens is 404 g/mol. The number of hydrogen-bond acceptors (Lipinski definition) is 3. The molecule has 0 bridgehead atoms. The van der Waals surface area contributed by atoms with Crippen LogP contribution in [0.1, 0.15) is 50.8 Å². The summed E-state index contributed by atoms with van der Waals surface area (Å²) in [5, 5.41) is 3.05. The summed E-state index contributed by atoms with van der Waals surface area (Å²) in [6, 6.07) is 18.0. The molecule has 2 aromatic rings. The summed E-state index contributed by atoms with van der Waals surface area (Å²) in [7, 11) is 0. The van der Waals surface area contributed by atoms with E-state index < -0.39 is 6.04 Å². The first-order valence-corrected chi connectivity index (χ1v) is 12.1. The molecule has 1 atom stereocenters. The van der Waals surface area contributed by atoms with E-state index in [2.05, 4.69) is 48.6 Å². The molecule has 31 heavy (non-hydrogen) atoms. The molecule has 0 heterocycles. The highest BCUT2D eigenvalue weighted by molar-refractivity contribution is 7.99. The van der Waals surface area contributed by atoms with Gasteiger partial charge in [-0.15, -0.1) is 11.8 Å². The fourth-order valence-corrected chi connectivity index (χ4v) is 4.24. The molecule has 0 aromatic heterocycles. The topological polar surface area (TPSA) is 49.4 Å². The monoisotopic (exact) mass is 440 g/mol. The second-order valence-electron chi connectivity index (χ2n) is 8.96. The highest BCUT2D eigenvalue weighted by Crippen LogP contribution is 2.17. The number of thioether (sulfide) groups is 1. The highest BCUT2D eigenvalue weighted by atomic mass is 32.2. The van der Waals surface area contributed by atoms with Crippen molar-refractivity contribution in [2.75, 3.05) is 12.3 Å². The summed E-state index contributed by atoms with van der Waals surface area (Å²) in [4.78, 5) is 27.9. The van der Waals surface area contributed by atoms with E-state index in [-0.39, 0.29) is 17.4 Å². The Morgan fingerprint density at radius 3 is 2.23 bits per heavy atom. The van der Waals surface area contributed by atoms with E-state index in [0.29, 0.717) is 18.7 Å². The number of carbonyl (C=O) groups is 2. The van der Waals surface area contributed by atoms with Crippen LogP contribution in [-0.2, 0) is 21.8 Å². The van der Waals surface area contributed by atoms with Crippen LogP contribution in [0.5, 0.6) is 0 Å². The molecule has 0 radical (unpaired) electrons. The van der Waals surface area contributed by atoms with Gasteiger partial charge in [-0.1, -0.05) is 67.1 Å². The predicted molar refractivity (Wildman–Crippen MR) is 131 cm³/mol. The van der Waals surface area contributed by atoms with Gasteiger partial charge in [0.1, 0.15) is 6.04 Å². The van der Waals surface area contributed by atoms with Gasteiger partial charge >= 0.3 is 0 Å². The van der Waals surface area contributed by atoms with Crippen LogP contribution in [0.4, 0.5) is 0 Å². The normalized spacial score (nSPS) is 12.3. The van der Waals surface area contributed by atoms with Crippen LogP contribution in [0.15, 0.2) is 54.6 Å². The molecule has 1 unspecified atom stereocenters. The average Bonchev–Trinajstić information content (AvgIpc) is 2.71. The van der Waals surface area contributed by atoms with Crippen LogP contribution in [0.25, 0.3) is 0 Å². The Labute approximate surface area is 191 Å². The van der Waals surface area contributed by atoms with E-state index in [9.17, 15) is 9.59 Å². The quantitative estimate of drug-likeness (QED) is 0.566. The minimum Gasteiger partial charge on any atom is -0.350 e. The van der Waals surface area contributed by atoms with Gasteiger partial charge in [0.05, 0.1) is 5.75 Å². The Balaban J connectivity index is 2.07. The average molecular weight is 441 g/mol. The van der Waals surface area contributed by atoms with Gasteiger partial charge in [0.15, 0.2) is 0 Å². The third-order valence-corrected chi connectivity index (χ3v) is 5.97. The molecule has 0 aliphatic rings. The Morgan fingerprint density at radius 2 is 1.65 bits per heavy atom. The van der Waals surface area contributed by atoms with Crippen LogP contribution in [0, 0.1) is 6.92 Å². The Kier molecular flexibility index (Phi) is 9.63. The van der Waals surface area contributed by atoms with E-state index >= 15 is 0 Å². The summed E-state index contributed by atoms with van der Waals surface area (Å²) in [6.07, 6.45) is 1.32.